The molecule has 1 heterocycles. The molecule has 0 atom stereocenters. The first kappa shape index (κ1) is 7.73. The molecule has 1 aliphatic rings. The van der Waals surface area contributed by atoms with Crippen molar-refractivity contribution in [2.45, 2.75) is 31.3 Å². The van der Waals surface area contributed by atoms with Crippen LogP contribution in [-0.2, 0) is 12.6 Å². The van der Waals surface area contributed by atoms with Crippen LogP contribution in [0.15, 0.2) is 6.20 Å². The number of hydrogen-bond acceptors (Lipinski definition) is 3. The van der Waals surface area contributed by atoms with Crippen LogP contribution in [0, 0.1) is 0 Å². The van der Waals surface area contributed by atoms with Crippen LogP contribution in [0.3, 0.4) is 0 Å². The number of hydrogen-bond donors (Lipinski definition) is 1. The molecule has 0 spiro atoms. The van der Waals surface area contributed by atoms with Gasteiger partial charge in [-0.1, -0.05) is 18.1 Å². The summed E-state index contributed by atoms with van der Waals surface area (Å²) in [6.07, 6.45) is 5.54. The molecule has 4 nitrogen and oxygen atoms in total. The molecule has 0 unspecified atom stereocenters. The summed E-state index contributed by atoms with van der Waals surface area (Å²) in [5.74, 6) is 0. The zero-order valence-corrected chi connectivity index (χ0v) is 7.19. The van der Waals surface area contributed by atoms with Crippen LogP contribution in [-0.4, -0.2) is 20.1 Å². The molecule has 1 aromatic heterocycles. The lowest BCUT2D eigenvalue weighted by Crippen LogP contribution is -2.24. The van der Waals surface area contributed by atoms with E-state index in [2.05, 4.69) is 10.3 Å². The molecule has 0 saturated heterocycles. The number of nitrogens with zero attached hydrogens (tertiary/aromatic N) is 3. The minimum atomic E-state index is -0.655. The SMILES string of the molecule is Cn1nncc1C1(O)CCCC1. The summed E-state index contributed by atoms with van der Waals surface area (Å²) in [4.78, 5) is 0. The van der Waals surface area contributed by atoms with Gasteiger partial charge in [-0.3, -0.25) is 0 Å². The van der Waals surface area contributed by atoms with Gasteiger partial charge < -0.3 is 5.11 Å². The summed E-state index contributed by atoms with van der Waals surface area (Å²) in [6, 6.07) is 0. The van der Waals surface area contributed by atoms with Gasteiger partial charge in [0.1, 0.15) is 5.60 Å². The van der Waals surface area contributed by atoms with E-state index in [1.807, 2.05) is 7.05 Å². The quantitative estimate of drug-likeness (QED) is 0.665. The van der Waals surface area contributed by atoms with E-state index in [0.29, 0.717) is 0 Å². The van der Waals surface area contributed by atoms with Crippen molar-refractivity contribution in [1.29, 1.82) is 0 Å². The largest absolute Gasteiger partial charge is 0.384 e. The first-order valence-electron chi connectivity index (χ1n) is 4.30. The van der Waals surface area contributed by atoms with Crippen LogP contribution in [0.4, 0.5) is 0 Å². The lowest BCUT2D eigenvalue weighted by Gasteiger charge is -2.20. The minimum absolute atomic E-state index is 0.655. The second-order valence-corrected chi connectivity index (χ2v) is 3.48. The average molecular weight is 167 g/mol. The normalized spacial score (nSPS) is 21.5. The fourth-order valence-electron chi connectivity index (χ4n) is 1.93. The highest BCUT2D eigenvalue weighted by Gasteiger charge is 2.35. The zero-order chi connectivity index (χ0) is 8.60. The van der Waals surface area contributed by atoms with E-state index in [9.17, 15) is 5.11 Å². The van der Waals surface area contributed by atoms with Crippen LogP contribution in [0.25, 0.3) is 0 Å². The van der Waals surface area contributed by atoms with E-state index in [-0.39, 0.29) is 0 Å². The van der Waals surface area contributed by atoms with Crippen molar-refractivity contribution in [3.63, 3.8) is 0 Å². The van der Waals surface area contributed by atoms with Gasteiger partial charge in [0.25, 0.3) is 0 Å². The molecule has 1 aliphatic carbocycles. The lowest BCUT2D eigenvalue weighted by atomic mass is 9.99. The molecule has 4 heteroatoms. The Bertz CT molecular complexity index is 276. The van der Waals surface area contributed by atoms with Gasteiger partial charge in [-0.2, -0.15) is 0 Å². The molecular weight excluding hydrogens is 154 g/mol. The highest BCUT2D eigenvalue weighted by Crippen LogP contribution is 2.37. The van der Waals surface area contributed by atoms with Crippen LogP contribution in [0.5, 0.6) is 0 Å². The Balaban J connectivity index is 2.34. The van der Waals surface area contributed by atoms with Gasteiger partial charge in [0.15, 0.2) is 0 Å². The summed E-state index contributed by atoms with van der Waals surface area (Å²) in [7, 11) is 1.82. The van der Waals surface area contributed by atoms with E-state index in [1.165, 1.54) is 0 Å². The van der Waals surface area contributed by atoms with E-state index in [1.54, 1.807) is 10.9 Å². The molecule has 0 amide bonds. The Morgan fingerprint density at radius 1 is 1.50 bits per heavy atom. The standard InChI is InChI=1S/C8H13N3O/c1-11-7(6-9-10-11)8(12)4-2-3-5-8/h6,12H,2-5H2,1H3. The second-order valence-electron chi connectivity index (χ2n) is 3.48. The van der Waals surface area contributed by atoms with Crippen molar-refractivity contribution in [3.05, 3.63) is 11.9 Å². The minimum Gasteiger partial charge on any atom is -0.384 e. The van der Waals surface area contributed by atoms with Crippen LogP contribution >= 0.6 is 0 Å². The van der Waals surface area contributed by atoms with Gasteiger partial charge >= 0.3 is 0 Å². The van der Waals surface area contributed by atoms with Gasteiger partial charge in [-0.25, -0.2) is 4.68 Å². The third-order valence-electron chi connectivity index (χ3n) is 2.62. The highest BCUT2D eigenvalue weighted by molar-refractivity contribution is 5.09. The third kappa shape index (κ3) is 1.03. The zero-order valence-electron chi connectivity index (χ0n) is 7.19. The fraction of sp³-hybridized carbons (Fsp3) is 0.750. The van der Waals surface area contributed by atoms with E-state index < -0.39 is 5.60 Å². The van der Waals surface area contributed by atoms with Crippen molar-refractivity contribution >= 4 is 0 Å². The smallest absolute Gasteiger partial charge is 0.108 e. The van der Waals surface area contributed by atoms with E-state index >= 15 is 0 Å². The Labute approximate surface area is 71.2 Å². The predicted octanol–water partition coefficient (Wildman–Crippen LogP) is 0.577. The summed E-state index contributed by atoms with van der Waals surface area (Å²) in [5, 5.41) is 17.7. The first-order valence-corrected chi connectivity index (χ1v) is 4.30. The Kier molecular flexibility index (Phi) is 1.65. The van der Waals surface area contributed by atoms with Gasteiger partial charge in [-0.05, 0) is 12.8 Å². The van der Waals surface area contributed by atoms with E-state index in [0.717, 1.165) is 31.4 Å². The second kappa shape index (κ2) is 2.55. The van der Waals surface area contributed by atoms with Gasteiger partial charge in [0, 0.05) is 7.05 Å². The number of rotatable bonds is 1. The fourth-order valence-corrected chi connectivity index (χ4v) is 1.93. The number of aliphatic hydroxyl groups is 1. The first-order chi connectivity index (χ1) is 5.72. The molecule has 1 saturated carbocycles. The van der Waals surface area contributed by atoms with Gasteiger partial charge in [0.2, 0.25) is 0 Å². The van der Waals surface area contributed by atoms with Crippen molar-refractivity contribution in [1.82, 2.24) is 15.0 Å². The predicted molar refractivity (Wildman–Crippen MR) is 43.4 cm³/mol. The van der Waals surface area contributed by atoms with Crippen LogP contribution in [0.1, 0.15) is 31.4 Å². The molecule has 0 aromatic carbocycles. The van der Waals surface area contributed by atoms with Gasteiger partial charge in [0.05, 0.1) is 11.9 Å². The maximum Gasteiger partial charge on any atom is 0.108 e. The van der Waals surface area contributed by atoms with Crippen molar-refractivity contribution in [3.8, 4) is 0 Å². The summed E-state index contributed by atoms with van der Waals surface area (Å²) in [6.45, 7) is 0. The Morgan fingerprint density at radius 2 is 2.17 bits per heavy atom. The van der Waals surface area contributed by atoms with Crippen LogP contribution < -0.4 is 0 Å². The third-order valence-corrected chi connectivity index (χ3v) is 2.62. The van der Waals surface area contributed by atoms with E-state index in [4.69, 9.17) is 0 Å². The van der Waals surface area contributed by atoms with Crippen molar-refractivity contribution in [2.75, 3.05) is 0 Å². The summed E-state index contributed by atoms with van der Waals surface area (Å²) in [5.41, 5.74) is 0.193. The maximum atomic E-state index is 10.1. The molecule has 1 N–H and O–H groups in total. The molecule has 0 aliphatic heterocycles. The highest BCUT2D eigenvalue weighted by atomic mass is 16.3. The average Bonchev–Trinajstić information content (AvgIpc) is 2.59. The maximum absolute atomic E-state index is 10.1. The molecule has 0 bridgehead atoms. The molecule has 1 aromatic rings. The molecule has 2 rings (SSSR count). The Morgan fingerprint density at radius 3 is 2.67 bits per heavy atom. The Hall–Kier alpha value is -0.900. The number of aryl methyl sites for hydroxylation is 1. The molecule has 66 valence electrons. The molecular formula is C8H13N3O. The van der Waals surface area contributed by atoms with Crippen molar-refractivity contribution < 1.29 is 5.11 Å². The topological polar surface area (TPSA) is 50.9 Å². The number of aromatic nitrogens is 3. The van der Waals surface area contributed by atoms with Crippen molar-refractivity contribution in [2.24, 2.45) is 7.05 Å². The summed E-state index contributed by atoms with van der Waals surface area (Å²) < 4.78 is 1.66. The molecule has 1 fully saturated rings. The summed E-state index contributed by atoms with van der Waals surface area (Å²) >= 11 is 0. The molecule has 0 radical (unpaired) electrons. The lowest BCUT2D eigenvalue weighted by molar-refractivity contribution is 0.0360. The van der Waals surface area contributed by atoms with Crippen LogP contribution in [0.2, 0.25) is 0 Å². The molecule has 12 heavy (non-hydrogen) atoms. The monoisotopic (exact) mass is 167 g/mol. The van der Waals surface area contributed by atoms with Gasteiger partial charge in [-0.15, -0.1) is 5.10 Å².